The van der Waals surface area contributed by atoms with Crippen LogP contribution in [0.15, 0.2) is 66.7 Å². The van der Waals surface area contributed by atoms with Crippen molar-refractivity contribution in [3.8, 4) is 34.5 Å². The van der Waals surface area contributed by atoms with Crippen LogP contribution in [0, 0.1) is 13.8 Å². The Hall–Kier alpha value is -3.79. The van der Waals surface area contributed by atoms with E-state index in [0.717, 1.165) is 75.6 Å². The summed E-state index contributed by atoms with van der Waals surface area (Å²) in [6.07, 6.45) is 2.41. The van der Waals surface area contributed by atoms with Crippen molar-refractivity contribution in [3.63, 3.8) is 0 Å². The molecular formula is C40H51ClN2O6. The average molecular weight is 691 g/mol. The van der Waals surface area contributed by atoms with E-state index < -0.39 is 0 Å². The summed E-state index contributed by atoms with van der Waals surface area (Å²) in [7, 11) is 8.79. The molecule has 0 amide bonds. The molecule has 1 N–H and O–H groups in total. The number of nitrogens with one attached hydrogen (secondary N) is 1. The maximum Gasteiger partial charge on any atom is 0.144 e. The fourth-order valence-corrected chi connectivity index (χ4v) is 6.29. The molecular weight excluding hydrogens is 640 g/mol. The van der Waals surface area contributed by atoms with Gasteiger partial charge < -0.3 is 28.4 Å². The molecule has 0 saturated carbocycles. The lowest BCUT2D eigenvalue weighted by molar-refractivity contribution is 0.0998. The van der Waals surface area contributed by atoms with Crippen molar-refractivity contribution in [2.75, 3.05) is 42.0 Å². The number of nitrogens with zero attached hydrogens (tertiary/aromatic N) is 1. The van der Waals surface area contributed by atoms with Gasteiger partial charge in [0.15, 0.2) is 0 Å². The van der Waals surface area contributed by atoms with E-state index in [9.17, 15) is 0 Å². The predicted octanol–water partition coefficient (Wildman–Crippen LogP) is 9.93. The topological polar surface area (TPSA) is 70.7 Å². The van der Waals surface area contributed by atoms with Crippen molar-refractivity contribution in [3.05, 3.63) is 105 Å². The van der Waals surface area contributed by atoms with Gasteiger partial charge in [0.2, 0.25) is 0 Å². The minimum absolute atomic E-state index is 0.0101. The zero-order chi connectivity index (χ0) is 35.5. The predicted molar refractivity (Wildman–Crippen MR) is 197 cm³/mol. The number of hydrogen-bond donors (Lipinski definition) is 1. The van der Waals surface area contributed by atoms with Crippen LogP contribution < -0.4 is 24.4 Å². The summed E-state index contributed by atoms with van der Waals surface area (Å²) in [5.41, 5.74) is 9.59. The third kappa shape index (κ3) is 9.47. The van der Waals surface area contributed by atoms with E-state index in [1.807, 2.05) is 45.2 Å². The van der Waals surface area contributed by atoms with Crippen molar-refractivity contribution < 1.29 is 28.4 Å². The van der Waals surface area contributed by atoms with Crippen molar-refractivity contribution in [2.24, 2.45) is 0 Å². The summed E-state index contributed by atoms with van der Waals surface area (Å²) in [6.45, 7) is 9.46. The molecule has 0 aliphatic carbocycles. The lowest BCUT2D eigenvalue weighted by atomic mass is 10.0. The van der Waals surface area contributed by atoms with Gasteiger partial charge >= 0.3 is 0 Å². The molecule has 2 atom stereocenters. The Morgan fingerprint density at radius 3 is 1.82 bits per heavy atom. The van der Waals surface area contributed by atoms with E-state index in [4.69, 9.17) is 40.0 Å². The first-order valence-corrected chi connectivity index (χ1v) is 17.1. The molecule has 0 spiro atoms. The first kappa shape index (κ1) is 38.0. The third-order valence-electron chi connectivity index (χ3n) is 8.83. The normalized spacial score (nSPS) is 12.6. The van der Waals surface area contributed by atoms with Crippen LogP contribution in [-0.2, 0) is 22.4 Å². The monoisotopic (exact) mass is 690 g/mol. The highest BCUT2D eigenvalue weighted by Crippen LogP contribution is 2.39. The fraction of sp³-hybridized carbons (Fsp3) is 0.400. The van der Waals surface area contributed by atoms with Crippen LogP contribution in [0.4, 0.5) is 0 Å². The van der Waals surface area contributed by atoms with E-state index in [-0.39, 0.29) is 12.2 Å². The second kappa shape index (κ2) is 18.3. The molecule has 0 heterocycles. The summed E-state index contributed by atoms with van der Waals surface area (Å²) in [6, 6.07) is 22.2. The summed E-state index contributed by atoms with van der Waals surface area (Å²) in [5.74, 6) is 4.38. The second-order valence-electron chi connectivity index (χ2n) is 12.0. The van der Waals surface area contributed by atoms with E-state index in [1.54, 1.807) is 34.5 Å². The molecule has 0 radical (unpaired) electrons. The van der Waals surface area contributed by atoms with Crippen LogP contribution in [0.2, 0.25) is 5.02 Å². The number of hydrazine groups is 1. The molecule has 0 aromatic heterocycles. The number of hydrogen-bond acceptors (Lipinski definition) is 8. The van der Waals surface area contributed by atoms with Gasteiger partial charge in [0.25, 0.3) is 0 Å². The highest BCUT2D eigenvalue weighted by atomic mass is 35.5. The van der Waals surface area contributed by atoms with Gasteiger partial charge in [-0.1, -0.05) is 55.8 Å². The van der Waals surface area contributed by atoms with Gasteiger partial charge in [-0.15, -0.1) is 0 Å². The highest BCUT2D eigenvalue weighted by molar-refractivity contribution is 6.32. The minimum atomic E-state index is -0.0341. The van der Waals surface area contributed by atoms with Gasteiger partial charge in [-0.2, -0.15) is 0 Å². The standard InChI is InChI=1S/C40H51ClN2O6/c1-10-33(44-6)29-16-15-28(38(23-29)48-36-14-12-13-35(46-8)26(36)3)21-22-42-43(5)25-31-18-17-30(34(11-2)45-7)24-39(31)49-37-20-19-32(41)40(47-9)27(37)4/h12-20,23-24,33-34,42H,10-11,21-22,25H2,1-9H3. The first-order chi connectivity index (χ1) is 23.7. The third-order valence-corrected chi connectivity index (χ3v) is 9.12. The molecule has 0 saturated heterocycles. The van der Waals surface area contributed by atoms with Crippen molar-refractivity contribution in [1.82, 2.24) is 10.4 Å². The quantitative estimate of drug-likeness (QED) is 0.104. The largest absolute Gasteiger partial charge is 0.496 e. The Morgan fingerprint density at radius 2 is 1.24 bits per heavy atom. The molecule has 4 aromatic rings. The van der Waals surface area contributed by atoms with E-state index in [0.29, 0.717) is 29.6 Å². The molecule has 0 aliphatic heterocycles. The Balaban J connectivity index is 1.54. The van der Waals surface area contributed by atoms with Crippen molar-refractivity contribution >= 4 is 11.6 Å². The van der Waals surface area contributed by atoms with Crippen LogP contribution in [0.1, 0.15) is 72.3 Å². The van der Waals surface area contributed by atoms with E-state index in [2.05, 4.69) is 60.7 Å². The van der Waals surface area contributed by atoms with Gasteiger partial charge in [0.1, 0.15) is 34.5 Å². The van der Waals surface area contributed by atoms with Crippen molar-refractivity contribution in [1.29, 1.82) is 0 Å². The smallest absolute Gasteiger partial charge is 0.144 e. The van der Waals surface area contributed by atoms with Gasteiger partial charge in [0, 0.05) is 51.0 Å². The SMILES string of the molecule is CCC(OC)c1ccc(CCNN(C)Cc2ccc(C(CC)OC)cc2Oc2ccc(Cl)c(OC)c2C)c(Oc2cccc(OC)c2C)c1. The zero-order valence-corrected chi connectivity index (χ0v) is 31.1. The molecule has 4 aromatic carbocycles. The Bertz CT molecular complexity index is 1670. The van der Waals surface area contributed by atoms with E-state index in [1.165, 1.54) is 0 Å². The van der Waals surface area contributed by atoms with Crippen LogP contribution >= 0.6 is 11.6 Å². The fourth-order valence-electron chi connectivity index (χ4n) is 6.00. The molecule has 2 unspecified atom stereocenters. The van der Waals surface area contributed by atoms with Crippen LogP contribution in [-0.4, -0.2) is 47.0 Å². The lowest BCUT2D eigenvalue weighted by Crippen LogP contribution is -2.35. The molecule has 9 heteroatoms. The van der Waals surface area contributed by atoms with Crippen LogP contribution in [0.3, 0.4) is 0 Å². The number of rotatable bonds is 18. The number of ether oxygens (including phenoxy) is 6. The summed E-state index contributed by atoms with van der Waals surface area (Å²) >= 11 is 6.38. The molecule has 0 bridgehead atoms. The van der Waals surface area contributed by atoms with Crippen molar-refractivity contribution in [2.45, 2.75) is 65.7 Å². The molecule has 264 valence electrons. The Labute approximate surface area is 297 Å². The highest BCUT2D eigenvalue weighted by Gasteiger charge is 2.18. The van der Waals surface area contributed by atoms with Crippen LogP contribution in [0.5, 0.6) is 34.5 Å². The summed E-state index contributed by atoms with van der Waals surface area (Å²) in [5, 5.41) is 2.62. The Kier molecular flexibility index (Phi) is 14.2. The van der Waals surface area contributed by atoms with Gasteiger partial charge in [-0.05, 0) is 86.2 Å². The maximum atomic E-state index is 6.56. The first-order valence-electron chi connectivity index (χ1n) is 16.8. The van der Waals surface area contributed by atoms with E-state index >= 15 is 0 Å². The lowest BCUT2D eigenvalue weighted by Gasteiger charge is -2.23. The average Bonchev–Trinajstić information content (AvgIpc) is 3.10. The summed E-state index contributed by atoms with van der Waals surface area (Å²) in [4.78, 5) is 0. The number of benzene rings is 4. The van der Waals surface area contributed by atoms with Gasteiger partial charge in [0.05, 0.1) is 31.5 Å². The zero-order valence-electron chi connectivity index (χ0n) is 30.3. The molecule has 4 rings (SSSR count). The number of halogens is 1. The maximum absolute atomic E-state index is 6.56. The second-order valence-corrected chi connectivity index (χ2v) is 12.4. The molecule has 8 nitrogen and oxygen atoms in total. The molecule has 0 fully saturated rings. The molecule has 0 aliphatic rings. The van der Waals surface area contributed by atoms with Gasteiger partial charge in [-0.3, -0.25) is 5.43 Å². The Morgan fingerprint density at radius 1 is 0.673 bits per heavy atom. The van der Waals surface area contributed by atoms with Crippen LogP contribution in [0.25, 0.3) is 0 Å². The minimum Gasteiger partial charge on any atom is -0.496 e. The molecule has 49 heavy (non-hydrogen) atoms. The van der Waals surface area contributed by atoms with Gasteiger partial charge in [-0.25, -0.2) is 5.01 Å². The number of methoxy groups -OCH3 is 4. The summed E-state index contributed by atoms with van der Waals surface area (Å²) < 4.78 is 35.7.